The van der Waals surface area contributed by atoms with Gasteiger partial charge in [-0.1, -0.05) is 23.7 Å². The van der Waals surface area contributed by atoms with Crippen molar-refractivity contribution in [1.82, 2.24) is 0 Å². The van der Waals surface area contributed by atoms with Crippen LogP contribution in [0.5, 0.6) is 0 Å². The highest BCUT2D eigenvalue weighted by Gasteiger charge is 2.07. The smallest absolute Gasteiger partial charge is 0.125 e. The molecule has 0 saturated heterocycles. The van der Waals surface area contributed by atoms with Crippen LogP contribution in [0.15, 0.2) is 40.9 Å². The molecule has 0 saturated carbocycles. The largest absolute Gasteiger partial charge is 0.379 e. The van der Waals surface area contributed by atoms with Gasteiger partial charge in [0.05, 0.1) is 10.7 Å². The molecular weight excluding hydrogens is 431 g/mol. The third-order valence-electron chi connectivity index (χ3n) is 2.39. The van der Waals surface area contributed by atoms with Gasteiger partial charge in [-0.25, -0.2) is 4.39 Å². The summed E-state index contributed by atoms with van der Waals surface area (Å²) in [6.45, 7) is 0.640. The van der Waals surface area contributed by atoms with Crippen LogP contribution in [0.4, 0.5) is 10.1 Å². The molecule has 1 N–H and O–H groups in total. The average molecular weight is 440 g/mol. The minimum atomic E-state index is -0.355. The molecule has 0 aliphatic heterocycles. The van der Waals surface area contributed by atoms with E-state index in [4.69, 9.17) is 11.6 Å². The molecule has 0 unspecified atom stereocenters. The Labute approximate surface area is 132 Å². The van der Waals surface area contributed by atoms with Crippen molar-refractivity contribution in [3.63, 3.8) is 0 Å². The first-order valence-corrected chi connectivity index (χ1v) is 7.44. The highest BCUT2D eigenvalue weighted by Crippen LogP contribution is 2.32. The summed E-state index contributed by atoms with van der Waals surface area (Å²) >= 11 is 11.5. The predicted molar refractivity (Wildman–Crippen MR) is 85.6 cm³/mol. The van der Waals surface area contributed by atoms with E-state index in [1.807, 2.05) is 24.3 Å². The number of hydrogen-bond acceptors (Lipinski definition) is 1. The van der Waals surface area contributed by atoms with E-state index in [1.54, 1.807) is 0 Å². The lowest BCUT2D eigenvalue weighted by molar-refractivity contribution is 0.627. The van der Waals surface area contributed by atoms with E-state index in [-0.39, 0.29) is 5.82 Å². The molecule has 94 valence electrons. The molecule has 0 aliphatic rings. The topological polar surface area (TPSA) is 12.0 Å². The number of nitrogens with one attached hydrogen (secondary N) is 1. The maximum absolute atomic E-state index is 13.1. The van der Waals surface area contributed by atoms with Crippen LogP contribution in [-0.4, -0.2) is 0 Å². The first kappa shape index (κ1) is 14.1. The van der Waals surface area contributed by atoms with Crippen LogP contribution in [0.25, 0.3) is 0 Å². The Kier molecular flexibility index (Phi) is 4.86. The summed E-state index contributed by atoms with van der Waals surface area (Å²) in [4.78, 5) is 0. The van der Waals surface area contributed by atoms with E-state index >= 15 is 0 Å². The lowest BCUT2D eigenvalue weighted by Crippen LogP contribution is -2.01. The van der Waals surface area contributed by atoms with Gasteiger partial charge in [-0.3, -0.25) is 0 Å². The van der Waals surface area contributed by atoms with Crippen molar-refractivity contribution in [3.05, 3.63) is 60.8 Å². The number of anilines is 1. The molecule has 0 radical (unpaired) electrons. The van der Waals surface area contributed by atoms with Crippen LogP contribution in [0.1, 0.15) is 5.56 Å². The Bertz CT molecular complexity index is 536. The maximum Gasteiger partial charge on any atom is 0.125 e. The summed E-state index contributed by atoms with van der Waals surface area (Å²) in [5.41, 5.74) is 1.85. The van der Waals surface area contributed by atoms with E-state index in [1.165, 1.54) is 15.7 Å². The summed E-state index contributed by atoms with van der Waals surface area (Å²) in [5, 5.41) is 3.56. The Morgan fingerprint density at radius 2 is 1.89 bits per heavy atom. The fourth-order valence-electron chi connectivity index (χ4n) is 1.50. The van der Waals surface area contributed by atoms with Crippen LogP contribution in [-0.2, 0) is 6.54 Å². The van der Waals surface area contributed by atoms with Crippen LogP contribution in [0, 0.1) is 9.39 Å². The monoisotopic (exact) mass is 439 g/mol. The van der Waals surface area contributed by atoms with Crippen molar-refractivity contribution in [2.24, 2.45) is 0 Å². The highest BCUT2D eigenvalue weighted by atomic mass is 127. The van der Waals surface area contributed by atoms with Gasteiger partial charge in [-0.05, 0) is 68.3 Å². The van der Waals surface area contributed by atoms with Gasteiger partial charge in [0.25, 0.3) is 0 Å². The second kappa shape index (κ2) is 6.21. The third kappa shape index (κ3) is 3.59. The fraction of sp³-hybridized carbons (Fsp3) is 0.0769. The van der Waals surface area contributed by atoms with Crippen LogP contribution in [0.3, 0.4) is 0 Å². The molecule has 18 heavy (non-hydrogen) atoms. The summed E-state index contributed by atoms with van der Waals surface area (Å²) < 4.78 is 14.9. The van der Waals surface area contributed by atoms with Gasteiger partial charge in [-0.15, -0.1) is 0 Å². The molecule has 2 rings (SSSR count). The van der Waals surface area contributed by atoms with E-state index in [9.17, 15) is 4.39 Å². The lowest BCUT2D eigenvalue weighted by Gasteiger charge is -2.11. The van der Waals surface area contributed by atoms with Crippen molar-refractivity contribution in [3.8, 4) is 0 Å². The van der Waals surface area contributed by atoms with Gasteiger partial charge in [-0.2, -0.15) is 0 Å². The molecule has 0 bridgehead atoms. The highest BCUT2D eigenvalue weighted by molar-refractivity contribution is 14.1. The third-order valence-corrected chi connectivity index (χ3v) is 4.03. The molecule has 0 aromatic heterocycles. The zero-order chi connectivity index (χ0) is 13.1. The van der Waals surface area contributed by atoms with Crippen LogP contribution >= 0.6 is 50.1 Å². The number of rotatable bonds is 3. The Morgan fingerprint density at radius 1 is 1.22 bits per heavy atom. The van der Waals surface area contributed by atoms with E-state index in [0.29, 0.717) is 21.7 Å². The molecule has 0 aliphatic carbocycles. The summed E-state index contributed by atoms with van der Waals surface area (Å²) in [6, 6.07) is 10.8. The van der Waals surface area contributed by atoms with Gasteiger partial charge in [0, 0.05) is 14.6 Å². The van der Waals surface area contributed by atoms with Gasteiger partial charge >= 0.3 is 0 Å². The zero-order valence-corrected chi connectivity index (χ0v) is 13.7. The van der Waals surface area contributed by atoms with Gasteiger partial charge in [0.2, 0.25) is 0 Å². The zero-order valence-electron chi connectivity index (χ0n) is 9.18. The number of benzene rings is 2. The molecule has 0 spiro atoms. The molecule has 0 heterocycles. The minimum absolute atomic E-state index is 0.355. The fourth-order valence-corrected chi connectivity index (χ4v) is 2.82. The molecule has 1 nitrogen and oxygen atoms in total. The normalized spacial score (nSPS) is 10.4. The molecular formula is C13H9BrClFIN. The molecule has 0 atom stereocenters. The van der Waals surface area contributed by atoms with Crippen molar-refractivity contribution in [1.29, 1.82) is 0 Å². The van der Waals surface area contributed by atoms with Gasteiger partial charge in [0.1, 0.15) is 5.82 Å². The predicted octanol–water partition coefficient (Wildman–Crippen LogP) is 5.46. The van der Waals surface area contributed by atoms with E-state index in [2.05, 4.69) is 43.8 Å². The Morgan fingerprint density at radius 3 is 2.50 bits per heavy atom. The molecule has 5 heteroatoms. The summed E-state index contributed by atoms with van der Waals surface area (Å²) in [7, 11) is 0. The second-order valence-electron chi connectivity index (χ2n) is 3.72. The second-order valence-corrected chi connectivity index (χ2v) is 6.23. The quantitative estimate of drug-likeness (QED) is 0.625. The molecule has 0 amide bonds. The lowest BCUT2D eigenvalue weighted by atomic mass is 10.2. The van der Waals surface area contributed by atoms with Gasteiger partial charge < -0.3 is 5.32 Å². The standard InChI is InChI=1S/C13H9BrClFIN/c14-11-5-9(16)6-12(15)13(11)18-7-8-1-3-10(17)4-2-8/h1-6,18H,7H2. The minimum Gasteiger partial charge on any atom is -0.379 e. The summed E-state index contributed by atoms with van der Waals surface area (Å²) in [5.74, 6) is -0.355. The molecule has 0 fully saturated rings. The number of hydrogen-bond donors (Lipinski definition) is 1. The maximum atomic E-state index is 13.1. The van der Waals surface area contributed by atoms with Crippen molar-refractivity contribution >= 4 is 55.8 Å². The van der Waals surface area contributed by atoms with Crippen molar-refractivity contribution in [2.75, 3.05) is 5.32 Å². The summed E-state index contributed by atoms with van der Waals surface area (Å²) in [6.07, 6.45) is 0. The molecule has 2 aromatic rings. The van der Waals surface area contributed by atoms with Gasteiger partial charge in [0.15, 0.2) is 0 Å². The van der Waals surface area contributed by atoms with Crippen molar-refractivity contribution in [2.45, 2.75) is 6.54 Å². The van der Waals surface area contributed by atoms with Crippen LogP contribution < -0.4 is 5.32 Å². The van der Waals surface area contributed by atoms with E-state index in [0.717, 1.165) is 5.56 Å². The Hall–Kier alpha value is -0.330. The van der Waals surface area contributed by atoms with Crippen molar-refractivity contribution < 1.29 is 4.39 Å². The Balaban J connectivity index is 2.13. The van der Waals surface area contributed by atoms with Crippen LogP contribution in [0.2, 0.25) is 5.02 Å². The SMILES string of the molecule is Fc1cc(Cl)c(NCc2ccc(I)cc2)c(Br)c1. The first-order chi connectivity index (χ1) is 8.56. The van der Waals surface area contributed by atoms with E-state index < -0.39 is 0 Å². The molecule has 2 aromatic carbocycles. The average Bonchev–Trinajstić information content (AvgIpc) is 2.30. The number of halogens is 4. The first-order valence-electron chi connectivity index (χ1n) is 5.19.